The highest BCUT2D eigenvalue weighted by atomic mass is 79.9. The van der Waals surface area contributed by atoms with E-state index in [1.165, 1.54) is 31.8 Å². The van der Waals surface area contributed by atoms with Crippen molar-refractivity contribution >= 4 is 67.2 Å². The van der Waals surface area contributed by atoms with Crippen LogP contribution in [0.3, 0.4) is 0 Å². The summed E-state index contributed by atoms with van der Waals surface area (Å²) in [6.45, 7) is 2.80. The third kappa shape index (κ3) is 6.86. The molecule has 39 heavy (non-hydrogen) atoms. The van der Waals surface area contributed by atoms with Gasteiger partial charge in [0.15, 0.2) is 0 Å². The molecular weight excluding hydrogens is 624 g/mol. The molecule has 0 N–H and O–H groups in total. The van der Waals surface area contributed by atoms with Gasteiger partial charge in [0.2, 0.25) is 0 Å². The van der Waals surface area contributed by atoms with E-state index >= 15 is 0 Å². The van der Waals surface area contributed by atoms with Crippen LogP contribution in [0, 0.1) is 0 Å². The Morgan fingerprint density at radius 1 is 0.718 bits per heavy atom. The van der Waals surface area contributed by atoms with Crippen molar-refractivity contribution in [2.45, 2.75) is 45.4 Å². The van der Waals surface area contributed by atoms with E-state index in [2.05, 4.69) is 38.8 Å². The zero-order valence-corrected chi connectivity index (χ0v) is 24.9. The number of hydrogen-bond donors (Lipinski definition) is 0. The first-order chi connectivity index (χ1) is 18.9. The molecule has 1 fully saturated rings. The highest BCUT2D eigenvalue weighted by Crippen LogP contribution is 2.36. The lowest BCUT2D eigenvalue weighted by Crippen LogP contribution is -2.57. The first kappa shape index (κ1) is 28.8. The number of nitrogens with zero attached hydrogens (tertiary/aromatic N) is 2. The fraction of sp³-hybridized carbons (Fsp3) is 0.258. The molecule has 6 nitrogen and oxygen atoms in total. The van der Waals surface area contributed by atoms with Gasteiger partial charge in [-0.3, -0.25) is 9.59 Å². The van der Waals surface area contributed by atoms with E-state index in [1.807, 2.05) is 0 Å². The molecule has 0 aliphatic carbocycles. The van der Waals surface area contributed by atoms with Crippen molar-refractivity contribution in [3.63, 3.8) is 0 Å². The summed E-state index contributed by atoms with van der Waals surface area (Å²) in [5.74, 6) is -0.697. The molecule has 0 aromatic heterocycles. The van der Waals surface area contributed by atoms with E-state index in [1.54, 1.807) is 72.8 Å². The number of ether oxygens (including phenoxy) is 1. The summed E-state index contributed by atoms with van der Waals surface area (Å²) in [7, 11) is 0. The van der Waals surface area contributed by atoms with E-state index in [0.29, 0.717) is 38.2 Å². The van der Waals surface area contributed by atoms with E-state index in [9.17, 15) is 14.4 Å². The molecule has 1 aliphatic heterocycles. The zero-order valence-electron chi connectivity index (χ0n) is 21.7. The molecule has 1 heterocycles. The second kappa shape index (κ2) is 13.7. The molecule has 0 saturated carbocycles. The van der Waals surface area contributed by atoms with Crippen LogP contribution < -0.4 is 14.5 Å². The second-order valence-corrected chi connectivity index (χ2v) is 10.9. The average molecular weight is 654 g/mol. The summed E-state index contributed by atoms with van der Waals surface area (Å²) in [6, 6.07) is 20.1. The molecule has 0 radical (unpaired) electrons. The molecule has 202 valence electrons. The second-order valence-electron chi connectivity index (χ2n) is 9.22. The molecule has 8 heteroatoms. The Bertz CT molecular complexity index is 1270. The van der Waals surface area contributed by atoms with Crippen LogP contribution in [0.2, 0.25) is 0 Å². The summed E-state index contributed by atoms with van der Waals surface area (Å²) in [4.78, 5) is 42.7. The topological polar surface area (TPSA) is 66.9 Å². The minimum atomic E-state index is -0.722. The van der Waals surface area contributed by atoms with Crippen LogP contribution in [0.1, 0.15) is 51.0 Å². The predicted octanol–water partition coefficient (Wildman–Crippen LogP) is 8.53. The lowest BCUT2D eigenvalue weighted by Gasteiger charge is -2.34. The number of carbonyl (C=O) groups excluding carboxylic acids is 3. The Balaban J connectivity index is 1.62. The van der Waals surface area contributed by atoms with Gasteiger partial charge in [0.25, 0.3) is 11.8 Å². The fourth-order valence-corrected chi connectivity index (χ4v) is 5.81. The number of amides is 4. The van der Waals surface area contributed by atoms with Crippen LogP contribution in [0.15, 0.2) is 87.3 Å². The normalized spacial score (nSPS) is 13.7. The van der Waals surface area contributed by atoms with Crippen molar-refractivity contribution in [3.8, 4) is 5.75 Å². The first-order valence-corrected chi connectivity index (χ1v) is 14.7. The largest absolute Gasteiger partial charge is 0.491 e. The minimum Gasteiger partial charge on any atom is -0.491 e. The number of imide groups is 2. The number of benzene rings is 3. The highest BCUT2D eigenvalue weighted by Gasteiger charge is 2.43. The van der Waals surface area contributed by atoms with Crippen molar-refractivity contribution in [1.29, 1.82) is 0 Å². The Morgan fingerprint density at radius 3 is 1.72 bits per heavy atom. The number of carbonyl (C=O) groups is 3. The molecule has 0 unspecified atom stereocenters. The highest BCUT2D eigenvalue weighted by molar-refractivity contribution is 9.11. The molecule has 0 bridgehead atoms. The fourth-order valence-electron chi connectivity index (χ4n) is 4.36. The number of unbranched alkanes of at least 4 members (excludes halogenated alkanes) is 5. The van der Waals surface area contributed by atoms with Crippen molar-refractivity contribution in [2.24, 2.45) is 0 Å². The van der Waals surface area contributed by atoms with Crippen molar-refractivity contribution in [2.75, 3.05) is 16.4 Å². The van der Waals surface area contributed by atoms with Gasteiger partial charge >= 0.3 is 6.03 Å². The Hall–Kier alpha value is -3.23. The Labute approximate surface area is 245 Å². The zero-order chi connectivity index (χ0) is 27.8. The predicted molar refractivity (Wildman–Crippen MR) is 162 cm³/mol. The van der Waals surface area contributed by atoms with E-state index in [0.717, 1.165) is 22.6 Å². The van der Waals surface area contributed by atoms with Crippen LogP contribution in [0.5, 0.6) is 5.75 Å². The molecular formula is C31H30Br2N2O4. The van der Waals surface area contributed by atoms with Gasteiger partial charge in [0, 0.05) is 0 Å². The van der Waals surface area contributed by atoms with Crippen molar-refractivity contribution in [1.82, 2.24) is 0 Å². The van der Waals surface area contributed by atoms with Gasteiger partial charge in [-0.25, -0.2) is 14.6 Å². The third-order valence-corrected chi connectivity index (χ3v) is 7.53. The number of rotatable bonds is 11. The summed E-state index contributed by atoms with van der Waals surface area (Å²) in [5, 5.41) is 0. The summed E-state index contributed by atoms with van der Waals surface area (Å²) >= 11 is 7.15. The lowest BCUT2D eigenvalue weighted by atomic mass is 10.0. The quantitative estimate of drug-likeness (QED) is 0.118. The molecule has 3 aromatic carbocycles. The molecule has 0 spiro atoms. The summed E-state index contributed by atoms with van der Waals surface area (Å²) in [5.41, 5.74) is 1.25. The minimum absolute atomic E-state index is 0.123. The number of barbiturate groups is 1. The standard InChI is InChI=1S/C31H30Br2N2O4/c1-2-3-4-5-6-13-18-39-28-26(32)20-22(21-27(28)33)19-25-29(36)34(23-14-9-7-10-15-23)31(38)35(30(25)37)24-16-11-8-12-17-24/h7-12,14-17,19-21H,2-6,13,18H2,1H3. The summed E-state index contributed by atoms with van der Waals surface area (Å²) in [6.07, 6.45) is 8.54. The maximum atomic E-state index is 13.6. The van der Waals surface area contributed by atoms with Gasteiger partial charge in [0.1, 0.15) is 11.3 Å². The van der Waals surface area contributed by atoms with Gasteiger partial charge < -0.3 is 4.74 Å². The SMILES string of the molecule is CCCCCCCCOc1c(Br)cc(C=C2C(=O)N(c3ccccc3)C(=O)N(c3ccccc3)C2=O)cc1Br. The van der Waals surface area contributed by atoms with Gasteiger partial charge in [0.05, 0.1) is 26.9 Å². The van der Waals surface area contributed by atoms with Gasteiger partial charge in [-0.1, -0.05) is 75.4 Å². The first-order valence-electron chi connectivity index (χ1n) is 13.1. The van der Waals surface area contributed by atoms with Gasteiger partial charge in [-0.05, 0) is 86.3 Å². The lowest BCUT2D eigenvalue weighted by molar-refractivity contribution is -0.121. The van der Waals surface area contributed by atoms with Crippen LogP contribution in [0.25, 0.3) is 6.08 Å². The number of para-hydroxylation sites is 2. The molecule has 0 atom stereocenters. The molecule has 1 saturated heterocycles. The maximum Gasteiger partial charge on any atom is 0.343 e. The van der Waals surface area contributed by atoms with E-state index < -0.39 is 17.8 Å². The van der Waals surface area contributed by atoms with Crippen LogP contribution >= 0.6 is 31.9 Å². The Kier molecular flexibility index (Phi) is 10.1. The smallest absolute Gasteiger partial charge is 0.343 e. The monoisotopic (exact) mass is 652 g/mol. The average Bonchev–Trinajstić information content (AvgIpc) is 2.93. The van der Waals surface area contributed by atoms with Crippen molar-refractivity contribution in [3.05, 3.63) is 92.9 Å². The van der Waals surface area contributed by atoms with Crippen molar-refractivity contribution < 1.29 is 19.1 Å². The third-order valence-electron chi connectivity index (χ3n) is 6.35. The van der Waals surface area contributed by atoms with Crippen LogP contribution in [-0.2, 0) is 9.59 Å². The number of urea groups is 1. The molecule has 4 rings (SSSR count). The number of hydrogen-bond acceptors (Lipinski definition) is 4. The number of halogens is 2. The van der Waals surface area contributed by atoms with E-state index in [4.69, 9.17) is 4.74 Å². The maximum absolute atomic E-state index is 13.6. The molecule has 3 aromatic rings. The Morgan fingerprint density at radius 2 is 1.21 bits per heavy atom. The van der Waals surface area contributed by atoms with E-state index in [-0.39, 0.29) is 5.57 Å². The van der Waals surface area contributed by atoms with Crippen LogP contribution in [0.4, 0.5) is 16.2 Å². The molecule has 1 aliphatic rings. The van der Waals surface area contributed by atoms with Gasteiger partial charge in [-0.15, -0.1) is 0 Å². The number of anilines is 2. The molecule has 4 amide bonds. The van der Waals surface area contributed by atoms with Gasteiger partial charge in [-0.2, -0.15) is 0 Å². The van der Waals surface area contributed by atoms with Crippen LogP contribution in [-0.4, -0.2) is 24.5 Å². The summed E-state index contributed by atoms with van der Waals surface area (Å²) < 4.78 is 7.41.